The van der Waals surface area contributed by atoms with E-state index in [1.54, 1.807) is 11.3 Å². The summed E-state index contributed by atoms with van der Waals surface area (Å²) in [6, 6.07) is 3.92. The minimum Gasteiger partial charge on any atom is -0.338 e. The van der Waals surface area contributed by atoms with Gasteiger partial charge in [-0.1, -0.05) is 19.9 Å². The van der Waals surface area contributed by atoms with Crippen LogP contribution >= 0.6 is 11.3 Å². The van der Waals surface area contributed by atoms with Gasteiger partial charge in [-0.3, -0.25) is 0 Å². The lowest BCUT2D eigenvalue weighted by Crippen LogP contribution is -2.35. The Kier molecular flexibility index (Phi) is 5.18. The van der Waals surface area contributed by atoms with Crippen LogP contribution in [0.1, 0.15) is 25.1 Å². The van der Waals surface area contributed by atoms with Gasteiger partial charge in [0.15, 0.2) is 0 Å². The maximum atomic E-state index is 11.3. The molecule has 2 amide bonds. The topological polar surface area (TPSA) is 41.1 Å². The SMILES string of the molecule is CC(C)CCNC(=O)NCc1cccs1. The van der Waals surface area contributed by atoms with Gasteiger partial charge in [-0.2, -0.15) is 0 Å². The van der Waals surface area contributed by atoms with Crippen molar-refractivity contribution in [3.63, 3.8) is 0 Å². The van der Waals surface area contributed by atoms with E-state index >= 15 is 0 Å². The largest absolute Gasteiger partial charge is 0.338 e. The average molecular weight is 226 g/mol. The van der Waals surface area contributed by atoms with E-state index in [1.165, 1.54) is 4.88 Å². The molecule has 1 aromatic rings. The maximum absolute atomic E-state index is 11.3. The molecular weight excluding hydrogens is 208 g/mol. The van der Waals surface area contributed by atoms with Crippen LogP contribution in [0.25, 0.3) is 0 Å². The van der Waals surface area contributed by atoms with Gasteiger partial charge >= 0.3 is 6.03 Å². The Morgan fingerprint density at radius 2 is 2.27 bits per heavy atom. The first-order valence-corrected chi connectivity index (χ1v) is 6.10. The van der Waals surface area contributed by atoms with E-state index in [0.717, 1.165) is 13.0 Å². The van der Waals surface area contributed by atoms with E-state index in [0.29, 0.717) is 12.5 Å². The van der Waals surface area contributed by atoms with Gasteiger partial charge < -0.3 is 10.6 Å². The molecule has 2 N–H and O–H groups in total. The van der Waals surface area contributed by atoms with Crippen LogP contribution in [0.2, 0.25) is 0 Å². The minimum atomic E-state index is -0.0796. The third-order valence-electron chi connectivity index (χ3n) is 2.01. The number of nitrogens with one attached hydrogen (secondary N) is 2. The molecule has 0 aliphatic heterocycles. The van der Waals surface area contributed by atoms with Gasteiger partial charge in [-0.05, 0) is 23.8 Å². The molecule has 3 nitrogen and oxygen atoms in total. The van der Waals surface area contributed by atoms with Gasteiger partial charge in [0, 0.05) is 11.4 Å². The smallest absolute Gasteiger partial charge is 0.315 e. The average Bonchev–Trinajstić information content (AvgIpc) is 2.66. The maximum Gasteiger partial charge on any atom is 0.315 e. The summed E-state index contributed by atoms with van der Waals surface area (Å²) in [7, 11) is 0. The molecular formula is C11H18N2OS. The molecule has 0 aliphatic rings. The molecule has 0 saturated heterocycles. The molecule has 84 valence electrons. The van der Waals surface area contributed by atoms with Crippen LogP contribution in [-0.2, 0) is 6.54 Å². The lowest BCUT2D eigenvalue weighted by molar-refractivity contribution is 0.240. The van der Waals surface area contributed by atoms with Crippen molar-refractivity contribution in [3.8, 4) is 0 Å². The number of urea groups is 1. The number of thiophene rings is 1. The Labute approximate surface area is 94.9 Å². The molecule has 1 aromatic heterocycles. The van der Waals surface area contributed by atoms with Crippen molar-refractivity contribution in [2.75, 3.05) is 6.54 Å². The molecule has 0 spiro atoms. The summed E-state index contributed by atoms with van der Waals surface area (Å²) in [5.74, 6) is 0.627. The van der Waals surface area contributed by atoms with Crippen molar-refractivity contribution >= 4 is 17.4 Å². The van der Waals surface area contributed by atoms with Gasteiger partial charge in [-0.15, -0.1) is 11.3 Å². The Hall–Kier alpha value is -1.03. The molecule has 0 aliphatic carbocycles. The van der Waals surface area contributed by atoms with E-state index in [2.05, 4.69) is 24.5 Å². The second-order valence-electron chi connectivity index (χ2n) is 3.87. The summed E-state index contributed by atoms with van der Waals surface area (Å²) in [5, 5.41) is 7.66. The minimum absolute atomic E-state index is 0.0796. The lowest BCUT2D eigenvalue weighted by atomic mass is 10.1. The van der Waals surface area contributed by atoms with Crippen LogP contribution < -0.4 is 10.6 Å². The highest BCUT2D eigenvalue weighted by atomic mass is 32.1. The first kappa shape index (κ1) is 12.0. The van der Waals surface area contributed by atoms with Gasteiger partial charge in [0.05, 0.1) is 6.54 Å². The van der Waals surface area contributed by atoms with Gasteiger partial charge in [0.25, 0.3) is 0 Å². The molecule has 0 radical (unpaired) electrons. The van der Waals surface area contributed by atoms with E-state index in [1.807, 2.05) is 17.5 Å². The second-order valence-corrected chi connectivity index (χ2v) is 4.90. The van der Waals surface area contributed by atoms with E-state index in [-0.39, 0.29) is 6.03 Å². The fraction of sp³-hybridized carbons (Fsp3) is 0.545. The van der Waals surface area contributed by atoms with Crippen LogP contribution in [0.3, 0.4) is 0 Å². The van der Waals surface area contributed by atoms with Crippen LogP contribution in [0, 0.1) is 5.92 Å². The molecule has 4 heteroatoms. The van der Waals surface area contributed by atoms with E-state index in [9.17, 15) is 4.79 Å². The molecule has 0 saturated carbocycles. The van der Waals surface area contributed by atoms with Crippen molar-refractivity contribution < 1.29 is 4.79 Å². The number of rotatable bonds is 5. The number of carbonyl (C=O) groups is 1. The second kappa shape index (κ2) is 6.45. The molecule has 1 rings (SSSR count). The number of hydrogen-bond acceptors (Lipinski definition) is 2. The fourth-order valence-electron chi connectivity index (χ4n) is 1.12. The third kappa shape index (κ3) is 5.42. The number of carbonyl (C=O) groups excluding carboxylic acids is 1. The Morgan fingerprint density at radius 1 is 1.47 bits per heavy atom. The summed E-state index contributed by atoms with van der Waals surface area (Å²) in [5.41, 5.74) is 0. The summed E-state index contributed by atoms with van der Waals surface area (Å²) >= 11 is 1.65. The summed E-state index contributed by atoms with van der Waals surface area (Å²) in [4.78, 5) is 12.5. The first-order valence-electron chi connectivity index (χ1n) is 5.22. The van der Waals surface area contributed by atoms with E-state index < -0.39 is 0 Å². The molecule has 0 aromatic carbocycles. The van der Waals surface area contributed by atoms with Crippen molar-refractivity contribution in [1.82, 2.24) is 10.6 Å². The Morgan fingerprint density at radius 3 is 2.87 bits per heavy atom. The zero-order valence-corrected chi connectivity index (χ0v) is 10.1. The highest BCUT2D eigenvalue weighted by molar-refractivity contribution is 7.09. The predicted molar refractivity (Wildman–Crippen MR) is 64.0 cm³/mol. The molecule has 15 heavy (non-hydrogen) atoms. The molecule has 0 bridgehead atoms. The lowest BCUT2D eigenvalue weighted by Gasteiger charge is -2.07. The number of hydrogen-bond donors (Lipinski definition) is 2. The Bertz CT molecular complexity index is 283. The van der Waals surface area contributed by atoms with Crippen molar-refractivity contribution in [3.05, 3.63) is 22.4 Å². The standard InChI is InChI=1S/C11H18N2OS/c1-9(2)5-6-12-11(14)13-8-10-4-3-7-15-10/h3-4,7,9H,5-6,8H2,1-2H3,(H2,12,13,14). The van der Waals surface area contributed by atoms with Crippen LogP contribution in [0.15, 0.2) is 17.5 Å². The van der Waals surface area contributed by atoms with Crippen molar-refractivity contribution in [2.45, 2.75) is 26.8 Å². The number of amides is 2. The predicted octanol–water partition coefficient (Wildman–Crippen LogP) is 2.59. The zero-order chi connectivity index (χ0) is 11.1. The van der Waals surface area contributed by atoms with Crippen LogP contribution in [-0.4, -0.2) is 12.6 Å². The van der Waals surface area contributed by atoms with Crippen molar-refractivity contribution in [1.29, 1.82) is 0 Å². The van der Waals surface area contributed by atoms with Crippen molar-refractivity contribution in [2.24, 2.45) is 5.92 Å². The molecule has 0 unspecified atom stereocenters. The monoisotopic (exact) mass is 226 g/mol. The normalized spacial score (nSPS) is 10.3. The third-order valence-corrected chi connectivity index (χ3v) is 2.89. The van der Waals surface area contributed by atoms with E-state index in [4.69, 9.17) is 0 Å². The first-order chi connectivity index (χ1) is 7.18. The summed E-state index contributed by atoms with van der Waals surface area (Å²) in [6.45, 7) is 5.65. The molecule has 0 fully saturated rings. The van der Waals surface area contributed by atoms with Crippen LogP contribution in [0.4, 0.5) is 4.79 Å². The summed E-state index contributed by atoms with van der Waals surface area (Å²) < 4.78 is 0. The van der Waals surface area contributed by atoms with Crippen LogP contribution in [0.5, 0.6) is 0 Å². The quantitative estimate of drug-likeness (QED) is 0.796. The summed E-state index contributed by atoms with van der Waals surface area (Å²) in [6.07, 6.45) is 1.02. The fourth-order valence-corrected chi connectivity index (χ4v) is 1.76. The Balaban J connectivity index is 2.09. The molecule has 0 atom stereocenters. The highest BCUT2D eigenvalue weighted by Crippen LogP contribution is 2.07. The van der Waals surface area contributed by atoms with Gasteiger partial charge in [0.1, 0.15) is 0 Å². The highest BCUT2D eigenvalue weighted by Gasteiger charge is 2.00. The molecule has 1 heterocycles. The van der Waals surface area contributed by atoms with Gasteiger partial charge in [0.2, 0.25) is 0 Å². The zero-order valence-electron chi connectivity index (χ0n) is 9.25. The van der Waals surface area contributed by atoms with Gasteiger partial charge in [-0.25, -0.2) is 4.79 Å².